The van der Waals surface area contributed by atoms with Crippen molar-refractivity contribution in [2.24, 2.45) is 4.99 Å². The SMILES string of the molecule is COC(=O)C(=N[C@]1(C)OC(C)=C(C(=O)OC)[C@H]1c1ccc(Cl)cc1Cl)C(C)=O. The van der Waals surface area contributed by atoms with Crippen LogP contribution in [0.5, 0.6) is 0 Å². The number of carbonyl (C=O) groups excluding carboxylic acids is 3. The average molecular weight is 428 g/mol. The molecule has 0 aliphatic carbocycles. The maximum Gasteiger partial charge on any atom is 0.360 e. The molecule has 0 saturated carbocycles. The highest BCUT2D eigenvalue weighted by molar-refractivity contribution is 6.64. The predicted octanol–water partition coefficient (Wildman–Crippen LogP) is 3.47. The van der Waals surface area contributed by atoms with E-state index in [0.717, 1.165) is 7.11 Å². The number of Topliss-reactive ketones (excluding diaryl/α,β-unsaturated/α-hetero) is 1. The number of benzene rings is 1. The summed E-state index contributed by atoms with van der Waals surface area (Å²) >= 11 is 12.3. The summed E-state index contributed by atoms with van der Waals surface area (Å²) in [5, 5.41) is 0.665. The van der Waals surface area contributed by atoms with E-state index < -0.39 is 35.1 Å². The van der Waals surface area contributed by atoms with Crippen LogP contribution in [0.1, 0.15) is 32.3 Å². The molecule has 0 N–H and O–H groups in total. The van der Waals surface area contributed by atoms with Gasteiger partial charge in [0, 0.05) is 17.0 Å². The number of hydrogen-bond acceptors (Lipinski definition) is 7. The molecule has 0 spiro atoms. The molecule has 0 fully saturated rings. The largest absolute Gasteiger partial charge is 0.470 e. The fourth-order valence-electron chi connectivity index (χ4n) is 3.12. The van der Waals surface area contributed by atoms with Gasteiger partial charge in [-0.3, -0.25) is 4.79 Å². The van der Waals surface area contributed by atoms with E-state index in [9.17, 15) is 14.4 Å². The second-order valence-corrected chi connectivity index (χ2v) is 7.07. The van der Waals surface area contributed by atoms with Crippen molar-refractivity contribution in [3.8, 4) is 0 Å². The van der Waals surface area contributed by atoms with Gasteiger partial charge in [0.05, 0.1) is 25.7 Å². The lowest BCUT2D eigenvalue weighted by Gasteiger charge is -2.29. The quantitative estimate of drug-likeness (QED) is 0.405. The lowest BCUT2D eigenvalue weighted by molar-refractivity contribution is -0.136. The molecule has 2 atom stereocenters. The van der Waals surface area contributed by atoms with Crippen LogP contribution in [0.15, 0.2) is 34.5 Å². The van der Waals surface area contributed by atoms with Crippen LogP contribution in [-0.2, 0) is 28.6 Å². The first-order valence-electron chi connectivity index (χ1n) is 8.17. The Kier molecular flexibility index (Phi) is 6.52. The normalized spacial score (nSPS) is 22.0. The molecule has 1 aliphatic rings. The number of ketones is 1. The molecular weight excluding hydrogens is 409 g/mol. The molecule has 2 rings (SSSR count). The zero-order valence-electron chi connectivity index (χ0n) is 16.0. The van der Waals surface area contributed by atoms with E-state index in [4.69, 9.17) is 32.7 Å². The number of halogens is 2. The zero-order valence-corrected chi connectivity index (χ0v) is 17.5. The van der Waals surface area contributed by atoms with Gasteiger partial charge in [0.25, 0.3) is 0 Å². The van der Waals surface area contributed by atoms with Crippen molar-refractivity contribution < 1.29 is 28.6 Å². The Hall–Kier alpha value is -2.38. The van der Waals surface area contributed by atoms with Gasteiger partial charge in [-0.1, -0.05) is 29.3 Å². The summed E-state index contributed by atoms with van der Waals surface area (Å²) in [5.74, 6) is -2.79. The fourth-order valence-corrected chi connectivity index (χ4v) is 3.64. The first-order chi connectivity index (χ1) is 13.1. The summed E-state index contributed by atoms with van der Waals surface area (Å²) in [6.45, 7) is 4.28. The molecular formula is C19H19Cl2NO6. The number of hydrogen-bond donors (Lipinski definition) is 0. The van der Waals surface area contributed by atoms with Crippen molar-refractivity contribution in [3.63, 3.8) is 0 Å². The molecule has 0 unspecified atom stereocenters. The fraction of sp³-hybridized carbons (Fsp3) is 0.368. The highest BCUT2D eigenvalue weighted by Gasteiger charge is 2.51. The van der Waals surface area contributed by atoms with Gasteiger partial charge in [-0.15, -0.1) is 0 Å². The van der Waals surface area contributed by atoms with Crippen LogP contribution in [0, 0.1) is 0 Å². The van der Waals surface area contributed by atoms with Crippen molar-refractivity contribution in [1.29, 1.82) is 0 Å². The number of carbonyl (C=O) groups is 3. The Morgan fingerprint density at radius 2 is 1.82 bits per heavy atom. The molecule has 0 aromatic heterocycles. The van der Waals surface area contributed by atoms with Gasteiger partial charge in [0.1, 0.15) is 5.76 Å². The monoisotopic (exact) mass is 427 g/mol. The average Bonchev–Trinajstić information content (AvgIpc) is 2.88. The van der Waals surface area contributed by atoms with Gasteiger partial charge in [0.2, 0.25) is 5.72 Å². The molecule has 150 valence electrons. The van der Waals surface area contributed by atoms with Crippen LogP contribution >= 0.6 is 23.2 Å². The van der Waals surface area contributed by atoms with Gasteiger partial charge < -0.3 is 14.2 Å². The molecule has 0 saturated heterocycles. The predicted molar refractivity (Wildman–Crippen MR) is 104 cm³/mol. The summed E-state index contributed by atoms with van der Waals surface area (Å²) in [7, 11) is 2.37. The summed E-state index contributed by atoms with van der Waals surface area (Å²) in [4.78, 5) is 40.7. The topological polar surface area (TPSA) is 91.3 Å². The third-order valence-corrected chi connectivity index (χ3v) is 4.85. The second kappa shape index (κ2) is 8.32. The highest BCUT2D eigenvalue weighted by atomic mass is 35.5. The van der Waals surface area contributed by atoms with Gasteiger partial charge >= 0.3 is 11.9 Å². The molecule has 0 bridgehead atoms. The van der Waals surface area contributed by atoms with Crippen molar-refractivity contribution in [2.45, 2.75) is 32.4 Å². The van der Waals surface area contributed by atoms with E-state index in [1.165, 1.54) is 27.0 Å². The third kappa shape index (κ3) is 4.05. The maximum atomic E-state index is 12.4. The minimum absolute atomic E-state index is 0.172. The number of ether oxygens (including phenoxy) is 3. The number of aliphatic imine (C=N–C) groups is 1. The lowest BCUT2D eigenvalue weighted by atomic mass is 9.84. The number of esters is 2. The minimum atomic E-state index is -1.53. The smallest absolute Gasteiger partial charge is 0.360 e. The van der Waals surface area contributed by atoms with Crippen molar-refractivity contribution in [2.75, 3.05) is 14.2 Å². The second-order valence-electron chi connectivity index (χ2n) is 6.23. The highest BCUT2D eigenvalue weighted by Crippen LogP contribution is 2.49. The van der Waals surface area contributed by atoms with Crippen LogP contribution in [-0.4, -0.2) is 43.4 Å². The summed E-state index contributed by atoms with van der Waals surface area (Å²) in [5.41, 5.74) is -1.33. The number of methoxy groups -OCH3 is 2. The van der Waals surface area contributed by atoms with Gasteiger partial charge in [-0.2, -0.15) is 0 Å². The van der Waals surface area contributed by atoms with Gasteiger partial charge in [0.15, 0.2) is 11.5 Å². The zero-order chi connectivity index (χ0) is 21.2. The molecule has 7 nitrogen and oxygen atoms in total. The molecule has 1 aliphatic heterocycles. The Morgan fingerprint density at radius 3 is 2.32 bits per heavy atom. The first kappa shape index (κ1) is 21.9. The standard InChI is InChI=1S/C19H19Cl2NO6/c1-9(23)16(18(25)27-5)22-19(3)15(12-7-6-11(20)8-13(12)21)14(10(2)28-19)17(24)26-4/h6-8,15H,1-5H3/t15-,19-/m1/s1. The Labute approximate surface area is 172 Å². The third-order valence-electron chi connectivity index (χ3n) is 4.29. The Bertz CT molecular complexity index is 908. The molecule has 1 aromatic rings. The van der Waals surface area contributed by atoms with Gasteiger partial charge in [-0.25, -0.2) is 14.6 Å². The molecule has 0 amide bonds. The van der Waals surface area contributed by atoms with E-state index in [-0.39, 0.29) is 16.4 Å². The van der Waals surface area contributed by atoms with Crippen LogP contribution in [0.3, 0.4) is 0 Å². The van der Waals surface area contributed by atoms with Crippen molar-refractivity contribution in [1.82, 2.24) is 0 Å². The van der Waals surface area contributed by atoms with Crippen molar-refractivity contribution >= 4 is 46.6 Å². The van der Waals surface area contributed by atoms with E-state index in [1.807, 2.05) is 0 Å². The molecule has 1 heterocycles. The van der Waals surface area contributed by atoms with E-state index in [0.29, 0.717) is 10.6 Å². The van der Waals surface area contributed by atoms with Crippen LogP contribution in [0.25, 0.3) is 0 Å². The van der Waals surface area contributed by atoms with Crippen molar-refractivity contribution in [3.05, 3.63) is 45.1 Å². The number of rotatable bonds is 5. The molecule has 0 radical (unpaired) electrons. The van der Waals surface area contributed by atoms with E-state index in [2.05, 4.69) is 9.73 Å². The Morgan fingerprint density at radius 1 is 1.18 bits per heavy atom. The van der Waals surface area contributed by atoms with Gasteiger partial charge in [-0.05, 0) is 31.5 Å². The number of allylic oxidation sites excluding steroid dienone is 1. The summed E-state index contributed by atoms with van der Waals surface area (Å²) in [6, 6.07) is 4.73. The van der Waals surface area contributed by atoms with Crippen LogP contribution < -0.4 is 0 Å². The van der Waals surface area contributed by atoms with E-state index in [1.54, 1.807) is 19.1 Å². The summed E-state index contributed by atoms with van der Waals surface area (Å²) < 4.78 is 15.4. The molecule has 28 heavy (non-hydrogen) atoms. The van der Waals surface area contributed by atoms with Crippen LogP contribution in [0.2, 0.25) is 10.0 Å². The molecule has 1 aromatic carbocycles. The Balaban J connectivity index is 2.74. The van der Waals surface area contributed by atoms with E-state index >= 15 is 0 Å². The maximum absolute atomic E-state index is 12.4. The minimum Gasteiger partial charge on any atom is -0.470 e. The molecule has 9 heteroatoms. The first-order valence-corrected chi connectivity index (χ1v) is 8.93. The van der Waals surface area contributed by atoms with Crippen LogP contribution in [0.4, 0.5) is 0 Å². The number of nitrogens with zero attached hydrogens (tertiary/aromatic N) is 1. The lowest BCUT2D eigenvalue weighted by Crippen LogP contribution is -2.36. The summed E-state index contributed by atoms with van der Waals surface area (Å²) in [6.07, 6.45) is 0.